The average Bonchev–Trinajstić information content (AvgIpc) is 3.43. The molecule has 2 fully saturated rings. The lowest BCUT2D eigenvalue weighted by Gasteiger charge is -2.30. The fraction of sp³-hybridized carbons (Fsp3) is 0.538. The van der Waals surface area contributed by atoms with Crippen molar-refractivity contribution in [2.24, 2.45) is 5.92 Å². The number of alkyl carbamates (subject to hydrolysis) is 1. The third-order valence-corrected chi connectivity index (χ3v) is 12.3. The molecule has 1 saturated heterocycles. The van der Waals surface area contributed by atoms with Crippen LogP contribution in [-0.4, -0.2) is 87.8 Å². The first-order valence-electron chi connectivity index (χ1n) is 19.2. The Labute approximate surface area is 330 Å². The molecule has 15 nitrogen and oxygen atoms in total. The van der Waals surface area contributed by atoms with Gasteiger partial charge in [0.15, 0.2) is 0 Å². The van der Waals surface area contributed by atoms with Crippen LogP contribution in [0.4, 0.5) is 4.79 Å². The summed E-state index contributed by atoms with van der Waals surface area (Å²) in [6.07, 6.45) is 5.89. The number of ether oxygens (including phenoxy) is 2. The van der Waals surface area contributed by atoms with E-state index in [0.29, 0.717) is 36.0 Å². The van der Waals surface area contributed by atoms with Crippen molar-refractivity contribution in [1.82, 2.24) is 30.6 Å². The Kier molecular flexibility index (Phi) is 12.8. The Morgan fingerprint density at radius 1 is 1.04 bits per heavy atom. The zero-order chi connectivity index (χ0) is 40.1. The highest BCUT2D eigenvalue weighted by molar-refractivity contribution is 7.52. The van der Waals surface area contributed by atoms with E-state index in [1.165, 1.54) is 16.2 Å². The molecule has 3 aromatic rings. The van der Waals surface area contributed by atoms with Crippen molar-refractivity contribution in [3.63, 3.8) is 0 Å². The zero-order valence-electron chi connectivity index (χ0n) is 32.4. The molecule has 4 heterocycles. The lowest BCUT2D eigenvalue weighted by molar-refractivity contribution is -0.141. The topological polar surface area (TPSA) is 187 Å². The molecule has 1 saturated carbocycles. The second-order valence-corrected chi connectivity index (χ2v) is 17.8. The van der Waals surface area contributed by atoms with E-state index in [9.17, 15) is 23.7 Å². The number of hydrogen-bond donors (Lipinski definition) is 3. The molecule has 302 valence electrons. The summed E-state index contributed by atoms with van der Waals surface area (Å²) in [4.78, 5) is 68.1. The van der Waals surface area contributed by atoms with Gasteiger partial charge in [-0.15, -0.1) is 11.3 Å². The van der Waals surface area contributed by atoms with Crippen LogP contribution in [0.1, 0.15) is 79.6 Å². The van der Waals surface area contributed by atoms with Gasteiger partial charge in [-0.05, 0) is 83.9 Å². The first-order valence-corrected chi connectivity index (χ1v) is 21.6. The van der Waals surface area contributed by atoms with E-state index in [4.69, 9.17) is 28.5 Å². The maximum absolute atomic E-state index is 14.6. The fourth-order valence-electron chi connectivity index (χ4n) is 7.08. The van der Waals surface area contributed by atoms with Gasteiger partial charge in [-0.3, -0.25) is 28.5 Å². The van der Waals surface area contributed by atoms with Crippen molar-refractivity contribution < 1.29 is 42.3 Å². The number of aromatic nitrogens is 2. The van der Waals surface area contributed by atoms with Gasteiger partial charge in [-0.2, -0.15) is 0 Å². The monoisotopic (exact) mass is 810 g/mol. The Hall–Kier alpha value is -4.37. The second-order valence-electron chi connectivity index (χ2n) is 15.1. The Morgan fingerprint density at radius 2 is 1.77 bits per heavy atom. The summed E-state index contributed by atoms with van der Waals surface area (Å²) in [5, 5.41) is 10.1. The van der Waals surface area contributed by atoms with Crippen molar-refractivity contribution in [3.8, 4) is 16.5 Å². The number of carbonyl (C=O) groups excluding carboxylic acids is 4. The van der Waals surface area contributed by atoms with Crippen molar-refractivity contribution in [2.45, 2.75) is 109 Å². The molecule has 0 spiro atoms. The van der Waals surface area contributed by atoms with Crippen molar-refractivity contribution in [1.29, 1.82) is 0 Å². The molecule has 4 amide bonds. The summed E-state index contributed by atoms with van der Waals surface area (Å²) < 4.78 is 36.2. The highest BCUT2D eigenvalue weighted by Crippen LogP contribution is 2.50. The van der Waals surface area contributed by atoms with E-state index >= 15 is 0 Å². The first-order chi connectivity index (χ1) is 26.7. The van der Waals surface area contributed by atoms with Gasteiger partial charge in [-0.1, -0.05) is 43.2 Å². The van der Waals surface area contributed by atoms with Crippen molar-refractivity contribution in [2.75, 3.05) is 19.8 Å². The second kappa shape index (κ2) is 17.4. The van der Waals surface area contributed by atoms with Crippen LogP contribution in [0.3, 0.4) is 0 Å². The number of fused-ring (bicyclic) bond motifs is 3. The molecule has 3 aliphatic rings. The maximum Gasteiger partial charge on any atom is 0.434 e. The quantitative estimate of drug-likeness (QED) is 0.154. The molecular formula is C39H51N6O9PS. The smallest absolute Gasteiger partial charge is 0.434 e. The average molecular weight is 811 g/mol. The molecule has 5 atom stereocenters. The van der Waals surface area contributed by atoms with Crippen LogP contribution >= 0.6 is 19.1 Å². The SMILES string of the molecule is CCOP(=O)(NC(=O)[C@@]12CC1/C=C\CCCCC[C@H](NC(=O)OC(C)(C)C)C(=O)N1C[C@H](Oc3nc4ccccc4nc3-c3cccs3)C[C@H]1C(=O)N2)OCC. The van der Waals surface area contributed by atoms with E-state index in [1.54, 1.807) is 34.6 Å². The van der Waals surface area contributed by atoms with Crippen molar-refractivity contribution in [3.05, 3.63) is 53.9 Å². The molecule has 56 heavy (non-hydrogen) atoms. The minimum atomic E-state index is -4.04. The Bertz CT molecular complexity index is 1980. The number of carbonyl (C=O) groups is 4. The summed E-state index contributed by atoms with van der Waals surface area (Å²) in [6, 6.07) is 9.13. The number of thiophene rings is 1. The summed E-state index contributed by atoms with van der Waals surface area (Å²) >= 11 is 1.48. The van der Waals surface area contributed by atoms with E-state index < -0.39 is 66.8 Å². The number of para-hydroxylation sites is 2. The van der Waals surface area contributed by atoms with Gasteiger partial charge in [0, 0.05) is 12.3 Å². The Balaban J connectivity index is 1.34. The van der Waals surface area contributed by atoms with Gasteiger partial charge in [-0.25, -0.2) is 19.3 Å². The van der Waals surface area contributed by atoms with Crippen LogP contribution in [0.25, 0.3) is 21.6 Å². The summed E-state index contributed by atoms with van der Waals surface area (Å²) in [5.41, 5.74) is -0.458. The lowest BCUT2D eigenvalue weighted by Crippen LogP contribution is -2.57. The third-order valence-electron chi connectivity index (χ3n) is 9.74. The lowest BCUT2D eigenvalue weighted by atomic mass is 10.0. The van der Waals surface area contributed by atoms with Crippen LogP contribution in [0, 0.1) is 5.92 Å². The number of nitrogens with zero attached hydrogens (tertiary/aromatic N) is 3. The predicted octanol–water partition coefficient (Wildman–Crippen LogP) is 6.29. The number of amides is 4. The van der Waals surface area contributed by atoms with E-state index in [1.807, 2.05) is 53.9 Å². The number of nitrogens with one attached hydrogen (secondary N) is 3. The van der Waals surface area contributed by atoms with Crippen LogP contribution in [0.2, 0.25) is 0 Å². The van der Waals surface area contributed by atoms with Crippen LogP contribution in [0.5, 0.6) is 5.88 Å². The highest BCUT2D eigenvalue weighted by Gasteiger charge is 2.62. The van der Waals surface area contributed by atoms with Crippen LogP contribution < -0.4 is 20.5 Å². The van der Waals surface area contributed by atoms with Crippen molar-refractivity contribution >= 4 is 53.9 Å². The minimum Gasteiger partial charge on any atom is -0.471 e. The summed E-state index contributed by atoms with van der Waals surface area (Å²) in [6.45, 7) is 8.50. The molecule has 2 aliphatic heterocycles. The number of hydrogen-bond acceptors (Lipinski definition) is 12. The summed E-state index contributed by atoms with van der Waals surface area (Å²) in [5.74, 6) is -1.96. The summed E-state index contributed by atoms with van der Waals surface area (Å²) in [7, 11) is -4.04. The van der Waals surface area contributed by atoms with E-state index in [2.05, 4.69) is 15.7 Å². The van der Waals surface area contributed by atoms with E-state index in [0.717, 1.165) is 17.7 Å². The molecule has 2 aromatic heterocycles. The largest absolute Gasteiger partial charge is 0.471 e. The van der Waals surface area contributed by atoms with Gasteiger partial charge < -0.3 is 25.0 Å². The van der Waals surface area contributed by atoms with Gasteiger partial charge in [0.05, 0.1) is 35.7 Å². The standard InChI is InChI=1S/C39H51N6O9PS/c1-6-51-55(50,52-7-2)44-36(48)39-23-25(39)16-11-9-8-10-12-19-29(42-37(49)54-38(3,4)5)35(47)45-24-26(22-30(45)33(46)43-39)53-34-32(31-20-15-21-56-31)40-27-17-13-14-18-28(27)41-34/h11,13-18,20-21,25-26,29-30H,6-10,12,19,22-24H2,1-5H3,(H,42,49)(H,43,46)(H,44,48,50)/b16-11-/t25?,26-,29+,30+,39-/m1/s1. The highest BCUT2D eigenvalue weighted by atomic mass is 32.1. The molecular weight excluding hydrogens is 760 g/mol. The molecule has 0 bridgehead atoms. The molecule has 17 heteroatoms. The number of rotatable bonds is 10. The normalized spacial score (nSPS) is 25.2. The first kappa shape index (κ1) is 41.3. The van der Waals surface area contributed by atoms with Gasteiger partial charge in [0.25, 0.3) is 5.91 Å². The maximum atomic E-state index is 14.6. The van der Waals surface area contributed by atoms with Gasteiger partial charge in [0.1, 0.15) is 35.0 Å². The molecule has 1 aromatic carbocycles. The number of benzene rings is 1. The predicted molar refractivity (Wildman–Crippen MR) is 211 cm³/mol. The molecule has 3 N–H and O–H groups in total. The zero-order valence-corrected chi connectivity index (χ0v) is 34.2. The third kappa shape index (κ3) is 9.77. The minimum absolute atomic E-state index is 0.0196. The molecule has 0 radical (unpaired) electrons. The van der Waals surface area contributed by atoms with Crippen LogP contribution in [-0.2, 0) is 32.7 Å². The van der Waals surface area contributed by atoms with Gasteiger partial charge >= 0.3 is 13.8 Å². The molecule has 6 rings (SSSR count). The number of allylic oxidation sites excluding steroid dienone is 1. The van der Waals surface area contributed by atoms with Gasteiger partial charge in [0.2, 0.25) is 17.7 Å². The Morgan fingerprint density at radius 3 is 2.45 bits per heavy atom. The fourth-order valence-corrected chi connectivity index (χ4v) is 9.12. The molecule has 1 aliphatic carbocycles. The van der Waals surface area contributed by atoms with E-state index in [-0.39, 0.29) is 38.5 Å². The molecule has 1 unspecified atom stereocenters. The van der Waals surface area contributed by atoms with Crippen LogP contribution in [0.15, 0.2) is 53.9 Å².